The molecule has 64 valence electrons. The van der Waals surface area contributed by atoms with Crippen molar-refractivity contribution in [2.24, 2.45) is 0 Å². The third kappa shape index (κ3) is 5.45. The van der Waals surface area contributed by atoms with Crippen molar-refractivity contribution in [3.8, 4) is 0 Å². The number of carbonyl (C=O) groups is 1. The van der Waals surface area contributed by atoms with Gasteiger partial charge in [0.1, 0.15) is 5.76 Å². The molecule has 0 rings (SSSR count). The predicted molar refractivity (Wildman–Crippen MR) is 42.3 cm³/mol. The minimum atomic E-state index is -0.943. The van der Waals surface area contributed by atoms with Gasteiger partial charge in [-0.15, -0.1) is 0 Å². The van der Waals surface area contributed by atoms with E-state index in [2.05, 4.69) is 0 Å². The number of ether oxygens (including phenoxy) is 1. The molecular weight excluding hydrogens is 144 g/mol. The summed E-state index contributed by atoms with van der Waals surface area (Å²) >= 11 is 0. The van der Waals surface area contributed by atoms with E-state index in [1.54, 1.807) is 0 Å². The van der Waals surface area contributed by atoms with Gasteiger partial charge in [0, 0.05) is 6.42 Å². The minimum Gasteiger partial charge on any atom is -0.498 e. The highest BCUT2D eigenvalue weighted by molar-refractivity contribution is 5.80. The van der Waals surface area contributed by atoms with Crippen molar-refractivity contribution >= 4 is 5.97 Å². The second kappa shape index (κ2) is 5.77. The molecular formula is C8H14O3. The van der Waals surface area contributed by atoms with E-state index in [1.165, 1.54) is 0 Å². The first-order valence-corrected chi connectivity index (χ1v) is 3.77. The van der Waals surface area contributed by atoms with Crippen LogP contribution in [0.3, 0.4) is 0 Å². The fourth-order valence-corrected chi connectivity index (χ4v) is 0.756. The molecule has 0 aromatic carbocycles. The summed E-state index contributed by atoms with van der Waals surface area (Å²) in [6.07, 6.45) is 2.71. The molecule has 3 nitrogen and oxygen atoms in total. The maximum Gasteiger partial charge on any atom is 0.331 e. The Kier molecular flexibility index (Phi) is 5.25. The largest absolute Gasteiger partial charge is 0.498 e. The van der Waals surface area contributed by atoms with Crippen molar-refractivity contribution in [3.63, 3.8) is 0 Å². The summed E-state index contributed by atoms with van der Waals surface area (Å²) < 4.78 is 5.07. The lowest BCUT2D eigenvalue weighted by atomic mass is 10.3. The third-order valence-electron chi connectivity index (χ3n) is 1.11. The zero-order valence-corrected chi connectivity index (χ0v) is 6.96. The van der Waals surface area contributed by atoms with Crippen LogP contribution in [0.4, 0.5) is 0 Å². The Bertz CT molecular complexity index is 141. The van der Waals surface area contributed by atoms with Gasteiger partial charge in [-0.3, -0.25) is 0 Å². The fourth-order valence-electron chi connectivity index (χ4n) is 0.756. The van der Waals surface area contributed by atoms with Crippen molar-refractivity contribution in [2.75, 3.05) is 6.61 Å². The number of rotatable bonds is 5. The smallest absolute Gasteiger partial charge is 0.331 e. The molecule has 0 saturated heterocycles. The lowest BCUT2D eigenvalue weighted by Crippen LogP contribution is -1.96. The molecule has 0 aromatic heterocycles. The van der Waals surface area contributed by atoms with E-state index in [-0.39, 0.29) is 0 Å². The van der Waals surface area contributed by atoms with Crippen LogP contribution in [0.1, 0.15) is 26.7 Å². The Hall–Kier alpha value is -0.990. The predicted octanol–water partition coefficient (Wildman–Crippen LogP) is 1.79. The molecule has 0 saturated carbocycles. The van der Waals surface area contributed by atoms with Gasteiger partial charge in [-0.05, 0) is 13.3 Å². The number of aliphatic carboxylic acids is 1. The Labute approximate surface area is 66.7 Å². The zero-order valence-electron chi connectivity index (χ0n) is 6.96. The summed E-state index contributed by atoms with van der Waals surface area (Å²) in [6.45, 7) is 4.35. The van der Waals surface area contributed by atoms with Crippen LogP contribution < -0.4 is 0 Å². The van der Waals surface area contributed by atoms with Gasteiger partial charge in [0.05, 0.1) is 12.7 Å². The second-order valence-corrected chi connectivity index (χ2v) is 2.13. The average Bonchev–Trinajstić information content (AvgIpc) is 1.87. The van der Waals surface area contributed by atoms with Crippen LogP contribution in [0, 0.1) is 0 Å². The second-order valence-electron chi connectivity index (χ2n) is 2.13. The molecule has 0 bridgehead atoms. The molecule has 0 aliphatic carbocycles. The van der Waals surface area contributed by atoms with Crippen LogP contribution in [0.15, 0.2) is 11.8 Å². The van der Waals surface area contributed by atoms with E-state index >= 15 is 0 Å². The highest BCUT2D eigenvalue weighted by atomic mass is 16.5. The molecule has 0 aromatic rings. The first-order valence-electron chi connectivity index (χ1n) is 3.77. The summed E-state index contributed by atoms with van der Waals surface area (Å²) in [7, 11) is 0. The third-order valence-corrected chi connectivity index (χ3v) is 1.11. The monoisotopic (exact) mass is 158 g/mol. The molecule has 0 aliphatic heterocycles. The number of allylic oxidation sites excluding steroid dienone is 1. The summed E-state index contributed by atoms with van der Waals surface area (Å²) in [5.41, 5.74) is 0. The molecule has 0 fully saturated rings. The Morgan fingerprint density at radius 2 is 2.18 bits per heavy atom. The Morgan fingerprint density at radius 1 is 1.55 bits per heavy atom. The summed E-state index contributed by atoms with van der Waals surface area (Å²) in [5.74, 6) is -0.385. The number of carboxylic acid groups (broad SMARTS) is 1. The molecule has 0 unspecified atom stereocenters. The molecule has 0 atom stereocenters. The van der Waals surface area contributed by atoms with Crippen molar-refractivity contribution in [2.45, 2.75) is 26.7 Å². The lowest BCUT2D eigenvalue weighted by Gasteiger charge is -2.04. The van der Waals surface area contributed by atoms with E-state index in [9.17, 15) is 4.79 Å². The van der Waals surface area contributed by atoms with E-state index in [0.717, 1.165) is 12.5 Å². The normalized spacial score (nSPS) is 11.3. The van der Waals surface area contributed by atoms with Crippen molar-refractivity contribution in [1.82, 2.24) is 0 Å². The number of hydrogen-bond donors (Lipinski definition) is 1. The fraction of sp³-hybridized carbons (Fsp3) is 0.625. The molecule has 0 aliphatic rings. The molecule has 0 amide bonds. The maximum absolute atomic E-state index is 10.2. The molecule has 1 N–H and O–H groups in total. The molecule has 3 heteroatoms. The summed E-state index contributed by atoms with van der Waals surface area (Å²) in [4.78, 5) is 10.2. The van der Waals surface area contributed by atoms with Crippen LogP contribution in [0.2, 0.25) is 0 Å². The van der Waals surface area contributed by atoms with Gasteiger partial charge in [0.2, 0.25) is 0 Å². The topological polar surface area (TPSA) is 46.5 Å². The highest BCUT2D eigenvalue weighted by Crippen LogP contribution is 2.05. The van der Waals surface area contributed by atoms with Crippen molar-refractivity contribution < 1.29 is 14.6 Å². The van der Waals surface area contributed by atoms with E-state index in [1.807, 2.05) is 13.8 Å². The average molecular weight is 158 g/mol. The summed E-state index contributed by atoms with van der Waals surface area (Å²) in [6, 6.07) is 0. The molecule has 0 radical (unpaired) electrons. The SMILES string of the molecule is CCCC(=CC(=O)O)OCC. The zero-order chi connectivity index (χ0) is 8.69. The maximum atomic E-state index is 10.2. The quantitative estimate of drug-likeness (QED) is 0.490. The first kappa shape index (κ1) is 10.0. The Balaban J connectivity index is 3.96. The van der Waals surface area contributed by atoms with E-state index in [4.69, 9.17) is 9.84 Å². The van der Waals surface area contributed by atoms with Gasteiger partial charge >= 0.3 is 5.97 Å². The van der Waals surface area contributed by atoms with Gasteiger partial charge in [-0.2, -0.15) is 0 Å². The van der Waals surface area contributed by atoms with Gasteiger partial charge < -0.3 is 9.84 Å². The van der Waals surface area contributed by atoms with Crippen LogP contribution in [-0.2, 0) is 9.53 Å². The minimum absolute atomic E-state index is 0.527. The van der Waals surface area contributed by atoms with E-state index in [0.29, 0.717) is 18.8 Å². The summed E-state index contributed by atoms with van der Waals surface area (Å²) in [5, 5.41) is 8.38. The van der Waals surface area contributed by atoms with Crippen molar-refractivity contribution in [1.29, 1.82) is 0 Å². The van der Waals surface area contributed by atoms with Crippen LogP contribution in [-0.4, -0.2) is 17.7 Å². The van der Waals surface area contributed by atoms with Gasteiger partial charge in [-0.25, -0.2) is 4.79 Å². The molecule has 0 heterocycles. The standard InChI is InChI=1S/C8H14O3/c1-3-5-7(11-4-2)6-8(9)10/h6H,3-5H2,1-2H3,(H,9,10). The van der Waals surface area contributed by atoms with Crippen molar-refractivity contribution in [3.05, 3.63) is 11.8 Å². The van der Waals surface area contributed by atoms with Gasteiger partial charge in [0.15, 0.2) is 0 Å². The van der Waals surface area contributed by atoms with Crippen LogP contribution in [0.5, 0.6) is 0 Å². The first-order chi connectivity index (χ1) is 5.20. The van der Waals surface area contributed by atoms with Gasteiger partial charge in [-0.1, -0.05) is 6.92 Å². The van der Waals surface area contributed by atoms with Gasteiger partial charge in [0.25, 0.3) is 0 Å². The molecule has 11 heavy (non-hydrogen) atoms. The van der Waals surface area contributed by atoms with E-state index < -0.39 is 5.97 Å². The van der Waals surface area contributed by atoms with Crippen LogP contribution >= 0.6 is 0 Å². The Morgan fingerprint density at radius 3 is 2.55 bits per heavy atom. The molecule has 0 spiro atoms. The highest BCUT2D eigenvalue weighted by Gasteiger charge is 1.98. The lowest BCUT2D eigenvalue weighted by molar-refractivity contribution is -0.131. The van der Waals surface area contributed by atoms with Crippen LogP contribution in [0.25, 0.3) is 0 Å². The number of carboxylic acids is 1. The number of hydrogen-bond acceptors (Lipinski definition) is 2.